The van der Waals surface area contributed by atoms with Gasteiger partial charge in [-0.15, -0.1) is 0 Å². The smallest absolute Gasteiger partial charge is 0.342 e. The zero-order chi connectivity index (χ0) is 15.0. The van der Waals surface area contributed by atoms with Gasteiger partial charge < -0.3 is 20.1 Å². The third-order valence-corrected chi connectivity index (χ3v) is 3.03. The Kier molecular flexibility index (Phi) is 6.70. The number of hydrogen-bond acceptors (Lipinski definition) is 5. The molecule has 0 aliphatic carbocycles. The quantitative estimate of drug-likeness (QED) is 0.295. The lowest BCUT2D eigenvalue weighted by Crippen LogP contribution is -2.06. The second kappa shape index (κ2) is 8.30. The van der Waals surface area contributed by atoms with Crippen molar-refractivity contribution >= 4 is 5.97 Å². The Morgan fingerprint density at radius 3 is 2.40 bits per heavy atom. The molecule has 1 aromatic carbocycles. The highest BCUT2D eigenvalue weighted by Gasteiger charge is 2.17. The minimum Gasteiger partial charge on any atom is -0.508 e. The van der Waals surface area contributed by atoms with Crippen molar-refractivity contribution < 1.29 is 24.9 Å². The van der Waals surface area contributed by atoms with E-state index in [9.17, 15) is 20.1 Å². The topological polar surface area (TPSA) is 87.0 Å². The molecule has 0 saturated carbocycles. The van der Waals surface area contributed by atoms with Crippen molar-refractivity contribution in [2.75, 3.05) is 6.61 Å². The molecule has 0 aliphatic rings. The van der Waals surface area contributed by atoms with Crippen LogP contribution in [0.3, 0.4) is 0 Å². The summed E-state index contributed by atoms with van der Waals surface area (Å²) in [5, 5.41) is 28.1. The summed E-state index contributed by atoms with van der Waals surface area (Å²) in [5.74, 6) is -2.17. The van der Waals surface area contributed by atoms with E-state index in [-0.39, 0.29) is 17.9 Å². The van der Waals surface area contributed by atoms with Gasteiger partial charge in [0.1, 0.15) is 11.3 Å². The van der Waals surface area contributed by atoms with Crippen LogP contribution >= 0.6 is 0 Å². The first kappa shape index (κ1) is 16.1. The zero-order valence-corrected chi connectivity index (χ0v) is 11.8. The van der Waals surface area contributed by atoms with E-state index < -0.39 is 17.5 Å². The van der Waals surface area contributed by atoms with E-state index in [1.807, 2.05) is 0 Å². The van der Waals surface area contributed by atoms with Crippen LogP contribution in [-0.2, 0) is 4.74 Å². The molecular weight excluding hydrogens is 260 g/mol. The Bertz CT molecular complexity index is 442. The summed E-state index contributed by atoms with van der Waals surface area (Å²) in [6, 6.07) is 2.03. The standard InChI is InChI=1S/C15H22O5/c1-2-3-4-5-6-7-8-20-15(19)12-9-11(16)10-13(17)14(12)18/h9-10,16-18H,2-8H2,1H3. The summed E-state index contributed by atoms with van der Waals surface area (Å²) in [5.41, 5.74) is -0.228. The molecule has 1 rings (SSSR count). The van der Waals surface area contributed by atoms with Crippen LogP contribution in [0, 0.1) is 0 Å². The first-order chi connectivity index (χ1) is 9.56. The first-order valence-corrected chi connectivity index (χ1v) is 6.98. The third-order valence-electron chi connectivity index (χ3n) is 3.03. The first-order valence-electron chi connectivity index (χ1n) is 6.98. The lowest BCUT2D eigenvalue weighted by atomic mass is 10.1. The van der Waals surface area contributed by atoms with Crippen LogP contribution in [0.15, 0.2) is 12.1 Å². The summed E-state index contributed by atoms with van der Waals surface area (Å²) in [6.07, 6.45) is 6.46. The molecule has 0 spiro atoms. The van der Waals surface area contributed by atoms with E-state index in [4.69, 9.17) is 4.74 Å². The molecule has 3 N–H and O–H groups in total. The predicted octanol–water partition coefficient (Wildman–Crippen LogP) is 3.32. The number of carbonyl (C=O) groups excluding carboxylic acids is 1. The Hall–Kier alpha value is -1.91. The minimum absolute atomic E-state index is 0.228. The summed E-state index contributed by atoms with van der Waals surface area (Å²) < 4.78 is 5.00. The Morgan fingerprint density at radius 2 is 1.70 bits per heavy atom. The lowest BCUT2D eigenvalue weighted by molar-refractivity contribution is 0.0493. The van der Waals surface area contributed by atoms with Crippen LogP contribution in [0.1, 0.15) is 55.8 Å². The van der Waals surface area contributed by atoms with Crippen molar-refractivity contribution in [1.29, 1.82) is 0 Å². The Morgan fingerprint density at radius 1 is 1.05 bits per heavy atom. The van der Waals surface area contributed by atoms with E-state index in [0.717, 1.165) is 31.4 Å². The highest BCUT2D eigenvalue weighted by Crippen LogP contribution is 2.33. The number of phenolic OH excluding ortho intramolecular Hbond substituents is 3. The maximum Gasteiger partial charge on any atom is 0.342 e. The molecule has 5 heteroatoms. The van der Waals surface area contributed by atoms with Crippen molar-refractivity contribution in [3.05, 3.63) is 17.7 Å². The number of carbonyl (C=O) groups is 1. The maximum atomic E-state index is 11.7. The second-order valence-electron chi connectivity index (χ2n) is 4.76. The van der Waals surface area contributed by atoms with Gasteiger partial charge in [0.2, 0.25) is 0 Å². The van der Waals surface area contributed by atoms with Gasteiger partial charge >= 0.3 is 5.97 Å². The zero-order valence-electron chi connectivity index (χ0n) is 11.8. The lowest BCUT2D eigenvalue weighted by Gasteiger charge is -2.08. The van der Waals surface area contributed by atoms with Crippen LogP contribution in [0.2, 0.25) is 0 Å². The largest absolute Gasteiger partial charge is 0.508 e. The predicted molar refractivity (Wildman–Crippen MR) is 75.1 cm³/mol. The van der Waals surface area contributed by atoms with Gasteiger partial charge in [0.05, 0.1) is 6.61 Å². The molecule has 0 bridgehead atoms. The average molecular weight is 282 g/mol. The van der Waals surface area contributed by atoms with E-state index in [1.54, 1.807) is 0 Å². The van der Waals surface area contributed by atoms with Crippen LogP contribution in [-0.4, -0.2) is 27.9 Å². The van der Waals surface area contributed by atoms with Gasteiger partial charge in [-0.2, -0.15) is 0 Å². The van der Waals surface area contributed by atoms with E-state index in [2.05, 4.69) is 6.92 Å². The SMILES string of the molecule is CCCCCCCCOC(=O)c1cc(O)cc(O)c1O. The number of hydrogen-bond donors (Lipinski definition) is 3. The molecule has 0 heterocycles. The number of esters is 1. The third kappa shape index (κ3) is 4.99. The van der Waals surface area contributed by atoms with Crippen LogP contribution < -0.4 is 0 Å². The highest BCUT2D eigenvalue weighted by molar-refractivity contribution is 5.93. The van der Waals surface area contributed by atoms with Crippen molar-refractivity contribution in [3.63, 3.8) is 0 Å². The van der Waals surface area contributed by atoms with Gasteiger partial charge in [-0.05, 0) is 12.5 Å². The Labute approximate surface area is 118 Å². The Balaban J connectivity index is 2.36. The summed E-state index contributed by atoms with van der Waals surface area (Å²) in [7, 11) is 0. The van der Waals surface area contributed by atoms with Crippen molar-refractivity contribution in [3.8, 4) is 17.2 Å². The fourth-order valence-corrected chi connectivity index (χ4v) is 1.88. The van der Waals surface area contributed by atoms with Gasteiger partial charge in [-0.1, -0.05) is 39.0 Å². The molecular formula is C15H22O5. The number of aromatic hydroxyl groups is 3. The van der Waals surface area contributed by atoms with Gasteiger partial charge in [-0.3, -0.25) is 0 Å². The van der Waals surface area contributed by atoms with E-state index in [0.29, 0.717) is 0 Å². The molecule has 0 radical (unpaired) electrons. The molecule has 20 heavy (non-hydrogen) atoms. The normalized spacial score (nSPS) is 10.4. The number of phenols is 3. The molecule has 112 valence electrons. The molecule has 0 unspecified atom stereocenters. The van der Waals surface area contributed by atoms with E-state index >= 15 is 0 Å². The van der Waals surface area contributed by atoms with Crippen LogP contribution in [0.5, 0.6) is 17.2 Å². The minimum atomic E-state index is -0.748. The second-order valence-corrected chi connectivity index (χ2v) is 4.76. The number of ether oxygens (including phenoxy) is 1. The van der Waals surface area contributed by atoms with Gasteiger partial charge in [0.25, 0.3) is 0 Å². The molecule has 0 atom stereocenters. The molecule has 0 aromatic heterocycles. The van der Waals surface area contributed by atoms with Gasteiger partial charge in [0, 0.05) is 6.07 Å². The number of benzene rings is 1. The molecule has 0 amide bonds. The fraction of sp³-hybridized carbons (Fsp3) is 0.533. The molecule has 0 aliphatic heterocycles. The van der Waals surface area contributed by atoms with Crippen LogP contribution in [0.25, 0.3) is 0 Å². The van der Waals surface area contributed by atoms with Gasteiger partial charge in [-0.25, -0.2) is 4.79 Å². The average Bonchev–Trinajstić information content (AvgIpc) is 2.41. The molecule has 1 aromatic rings. The van der Waals surface area contributed by atoms with Crippen LogP contribution in [0.4, 0.5) is 0 Å². The summed E-state index contributed by atoms with van der Waals surface area (Å²) in [4.78, 5) is 11.7. The van der Waals surface area contributed by atoms with E-state index in [1.165, 1.54) is 19.3 Å². The molecule has 0 saturated heterocycles. The maximum absolute atomic E-state index is 11.7. The van der Waals surface area contributed by atoms with Crippen molar-refractivity contribution in [1.82, 2.24) is 0 Å². The highest BCUT2D eigenvalue weighted by atomic mass is 16.5. The summed E-state index contributed by atoms with van der Waals surface area (Å²) in [6.45, 7) is 2.42. The summed E-state index contributed by atoms with van der Waals surface area (Å²) >= 11 is 0. The number of unbranched alkanes of at least 4 members (excludes halogenated alkanes) is 5. The monoisotopic (exact) mass is 282 g/mol. The van der Waals surface area contributed by atoms with Crippen molar-refractivity contribution in [2.45, 2.75) is 45.4 Å². The van der Waals surface area contributed by atoms with Gasteiger partial charge in [0.15, 0.2) is 11.5 Å². The van der Waals surface area contributed by atoms with Crippen molar-refractivity contribution in [2.24, 2.45) is 0 Å². The molecule has 0 fully saturated rings. The molecule has 5 nitrogen and oxygen atoms in total. The fourth-order valence-electron chi connectivity index (χ4n) is 1.88. The number of rotatable bonds is 8.